The van der Waals surface area contributed by atoms with Crippen molar-refractivity contribution in [1.29, 1.82) is 0 Å². The Morgan fingerprint density at radius 1 is 1.02 bits per heavy atom. The number of thioether (sulfide) groups is 1. The molecule has 1 aliphatic heterocycles. The van der Waals surface area contributed by atoms with Crippen molar-refractivity contribution in [3.05, 3.63) is 103 Å². The number of fused-ring (bicyclic) bond motifs is 1. The number of nitrogens with one attached hydrogen (secondary N) is 1. The molecule has 3 amide bonds. The van der Waals surface area contributed by atoms with E-state index in [1.54, 1.807) is 36.4 Å². The van der Waals surface area contributed by atoms with Crippen molar-refractivity contribution >= 4 is 89.9 Å². The van der Waals surface area contributed by atoms with Crippen molar-refractivity contribution < 1.29 is 23.9 Å². The van der Waals surface area contributed by atoms with Gasteiger partial charge in [0.2, 0.25) is 5.91 Å². The third-order valence-electron chi connectivity index (χ3n) is 6.18. The second kappa shape index (κ2) is 13.1. The molecular formula is C31H24BrIN2O5S. The molecule has 208 valence electrons. The van der Waals surface area contributed by atoms with Gasteiger partial charge >= 0.3 is 0 Å². The normalized spacial score (nSPS) is 14.1. The molecule has 0 bridgehead atoms. The van der Waals surface area contributed by atoms with E-state index in [1.807, 2.05) is 37.3 Å². The van der Waals surface area contributed by atoms with E-state index >= 15 is 0 Å². The molecular weight excluding hydrogens is 719 g/mol. The third-order valence-corrected chi connectivity index (χ3v) is 8.42. The van der Waals surface area contributed by atoms with Crippen LogP contribution >= 0.6 is 50.3 Å². The van der Waals surface area contributed by atoms with E-state index in [4.69, 9.17) is 9.47 Å². The average Bonchev–Trinajstić information content (AvgIpc) is 3.21. The van der Waals surface area contributed by atoms with E-state index in [2.05, 4.69) is 62.0 Å². The lowest BCUT2D eigenvalue weighted by Crippen LogP contribution is -2.36. The molecule has 0 aliphatic carbocycles. The zero-order valence-corrected chi connectivity index (χ0v) is 26.4. The standard InChI is InChI=1S/C31H24BrIN2O5S/c1-2-39-26-15-19(14-25(33)29(26)40-18-21-8-5-7-20-6-3-4-9-24(20)21)16-27-30(37)35(31(38)41-27)17-28(36)34-23-12-10-22(32)11-13-23/h3-16H,2,17-18H2,1H3,(H,34,36)/b27-16+. The molecule has 41 heavy (non-hydrogen) atoms. The second-order valence-corrected chi connectivity index (χ2v) is 12.1. The van der Waals surface area contributed by atoms with Gasteiger partial charge in [0.05, 0.1) is 15.1 Å². The Morgan fingerprint density at radius 3 is 2.56 bits per heavy atom. The number of carbonyl (C=O) groups is 3. The van der Waals surface area contributed by atoms with Crippen molar-refractivity contribution in [3.63, 3.8) is 0 Å². The van der Waals surface area contributed by atoms with E-state index in [1.165, 1.54) is 0 Å². The van der Waals surface area contributed by atoms with Crippen LogP contribution in [-0.2, 0) is 16.2 Å². The number of rotatable bonds is 9. The van der Waals surface area contributed by atoms with Crippen LogP contribution in [0, 0.1) is 3.57 Å². The maximum Gasteiger partial charge on any atom is 0.294 e. The number of imide groups is 1. The van der Waals surface area contributed by atoms with E-state index in [-0.39, 0.29) is 11.4 Å². The maximum absolute atomic E-state index is 13.1. The molecule has 0 saturated carbocycles. The van der Waals surface area contributed by atoms with Gasteiger partial charge in [-0.15, -0.1) is 0 Å². The number of amides is 3. The molecule has 1 aliphatic rings. The van der Waals surface area contributed by atoms with Gasteiger partial charge in [-0.1, -0.05) is 58.4 Å². The lowest BCUT2D eigenvalue weighted by Gasteiger charge is -2.16. The first-order chi connectivity index (χ1) is 19.8. The van der Waals surface area contributed by atoms with Crippen LogP contribution < -0.4 is 14.8 Å². The van der Waals surface area contributed by atoms with Gasteiger partial charge in [0.25, 0.3) is 11.1 Å². The highest BCUT2D eigenvalue weighted by Gasteiger charge is 2.36. The molecule has 4 aromatic carbocycles. The van der Waals surface area contributed by atoms with Crippen molar-refractivity contribution in [1.82, 2.24) is 4.90 Å². The fraction of sp³-hybridized carbons (Fsp3) is 0.129. The van der Waals surface area contributed by atoms with Crippen LogP contribution in [0.3, 0.4) is 0 Å². The Labute approximate surface area is 263 Å². The molecule has 10 heteroatoms. The summed E-state index contributed by atoms with van der Waals surface area (Å²) in [6.07, 6.45) is 1.64. The number of hydrogen-bond acceptors (Lipinski definition) is 6. The molecule has 1 N–H and O–H groups in total. The monoisotopic (exact) mass is 742 g/mol. The van der Waals surface area contributed by atoms with Gasteiger partial charge in [-0.3, -0.25) is 19.3 Å². The molecule has 1 fully saturated rings. The Bertz CT molecular complexity index is 1670. The van der Waals surface area contributed by atoms with Crippen molar-refractivity contribution in [2.45, 2.75) is 13.5 Å². The summed E-state index contributed by atoms with van der Waals surface area (Å²) in [6.45, 7) is 2.30. The van der Waals surface area contributed by atoms with Crippen molar-refractivity contribution in [2.24, 2.45) is 0 Å². The molecule has 0 aromatic heterocycles. The highest BCUT2D eigenvalue weighted by Crippen LogP contribution is 2.38. The number of ether oxygens (including phenoxy) is 2. The van der Waals surface area contributed by atoms with E-state index in [0.29, 0.717) is 36.0 Å². The first-order valence-electron chi connectivity index (χ1n) is 12.7. The lowest BCUT2D eigenvalue weighted by atomic mass is 10.1. The van der Waals surface area contributed by atoms with Crippen LogP contribution in [0.25, 0.3) is 16.8 Å². The van der Waals surface area contributed by atoms with Crippen LogP contribution in [0.1, 0.15) is 18.1 Å². The highest BCUT2D eigenvalue weighted by molar-refractivity contribution is 14.1. The van der Waals surface area contributed by atoms with Crippen molar-refractivity contribution in [2.75, 3.05) is 18.5 Å². The minimum Gasteiger partial charge on any atom is -0.490 e. The molecule has 5 rings (SSSR count). The first kappa shape index (κ1) is 29.2. The minimum atomic E-state index is -0.518. The van der Waals surface area contributed by atoms with Crippen molar-refractivity contribution in [3.8, 4) is 11.5 Å². The fourth-order valence-electron chi connectivity index (χ4n) is 4.31. The van der Waals surface area contributed by atoms with Crippen LogP contribution in [0.5, 0.6) is 11.5 Å². The number of anilines is 1. The Balaban J connectivity index is 1.32. The van der Waals surface area contributed by atoms with Gasteiger partial charge in [-0.25, -0.2) is 0 Å². The summed E-state index contributed by atoms with van der Waals surface area (Å²) in [4.78, 5) is 39.4. The molecule has 0 spiro atoms. The zero-order valence-electron chi connectivity index (χ0n) is 21.9. The van der Waals surface area contributed by atoms with E-state index < -0.39 is 17.1 Å². The molecule has 1 heterocycles. The summed E-state index contributed by atoms with van der Waals surface area (Å²) < 4.78 is 13.8. The topological polar surface area (TPSA) is 84.9 Å². The predicted octanol–water partition coefficient (Wildman–Crippen LogP) is 7.86. The lowest BCUT2D eigenvalue weighted by molar-refractivity contribution is -0.127. The maximum atomic E-state index is 13.1. The summed E-state index contributed by atoms with van der Waals surface area (Å²) >= 11 is 6.33. The SMILES string of the molecule is CCOc1cc(/C=C2/SC(=O)N(CC(=O)Nc3ccc(Br)cc3)C2=O)cc(I)c1OCc1cccc2ccccc12. The number of halogens is 2. The summed E-state index contributed by atoms with van der Waals surface area (Å²) in [5.74, 6) is 0.168. The van der Waals surface area contributed by atoms with Gasteiger partial charge in [0, 0.05) is 10.2 Å². The van der Waals surface area contributed by atoms with Gasteiger partial charge in [-0.2, -0.15) is 0 Å². The fourth-order valence-corrected chi connectivity index (χ4v) is 6.19. The number of carbonyl (C=O) groups excluding carboxylic acids is 3. The molecule has 0 unspecified atom stereocenters. The quantitative estimate of drug-likeness (QED) is 0.139. The van der Waals surface area contributed by atoms with Crippen LogP contribution in [0.2, 0.25) is 0 Å². The number of hydrogen-bond donors (Lipinski definition) is 1. The minimum absolute atomic E-state index is 0.231. The van der Waals surface area contributed by atoms with E-state index in [0.717, 1.165) is 41.0 Å². The largest absolute Gasteiger partial charge is 0.490 e. The van der Waals surface area contributed by atoms with Gasteiger partial charge in [0.1, 0.15) is 13.2 Å². The summed E-state index contributed by atoms with van der Waals surface area (Å²) in [7, 11) is 0. The van der Waals surface area contributed by atoms with E-state index in [9.17, 15) is 14.4 Å². The smallest absolute Gasteiger partial charge is 0.294 e. The predicted molar refractivity (Wildman–Crippen MR) is 174 cm³/mol. The molecule has 1 saturated heterocycles. The van der Waals surface area contributed by atoms with Gasteiger partial charge < -0.3 is 14.8 Å². The Kier molecular flexibility index (Phi) is 9.31. The first-order valence-corrected chi connectivity index (χ1v) is 15.4. The average molecular weight is 743 g/mol. The third kappa shape index (κ3) is 6.94. The van der Waals surface area contributed by atoms with Crippen LogP contribution in [-0.4, -0.2) is 35.1 Å². The van der Waals surface area contributed by atoms with Crippen LogP contribution in [0.15, 0.2) is 88.2 Å². The summed E-state index contributed by atoms with van der Waals surface area (Å²) in [5.41, 5.74) is 2.31. The number of nitrogens with zero attached hydrogens (tertiary/aromatic N) is 1. The summed E-state index contributed by atoms with van der Waals surface area (Å²) in [6, 6.07) is 25.0. The summed E-state index contributed by atoms with van der Waals surface area (Å²) in [5, 5.41) is 4.47. The number of benzene rings is 4. The second-order valence-electron chi connectivity index (χ2n) is 9.01. The molecule has 7 nitrogen and oxygen atoms in total. The zero-order chi connectivity index (χ0) is 28.9. The Hall–Kier alpha value is -3.35. The van der Waals surface area contributed by atoms with Gasteiger partial charge in [-0.05, 0) is 106 Å². The van der Waals surface area contributed by atoms with Gasteiger partial charge in [0.15, 0.2) is 11.5 Å². The highest BCUT2D eigenvalue weighted by atomic mass is 127. The molecule has 4 aromatic rings. The Morgan fingerprint density at radius 2 is 1.78 bits per heavy atom. The van der Waals surface area contributed by atoms with Crippen LogP contribution in [0.4, 0.5) is 10.5 Å². The molecule has 0 atom stereocenters. The molecule has 0 radical (unpaired) electrons.